The van der Waals surface area contributed by atoms with Crippen molar-refractivity contribution in [1.29, 1.82) is 0 Å². The molecule has 3 aromatic rings. The summed E-state index contributed by atoms with van der Waals surface area (Å²) in [6, 6.07) is 21.9. The van der Waals surface area contributed by atoms with Gasteiger partial charge in [-0.25, -0.2) is 8.42 Å². The van der Waals surface area contributed by atoms with Crippen molar-refractivity contribution >= 4 is 43.5 Å². The van der Waals surface area contributed by atoms with Crippen LogP contribution in [0.1, 0.15) is 54.4 Å². The van der Waals surface area contributed by atoms with Crippen LogP contribution in [0.25, 0.3) is 0 Å². The summed E-state index contributed by atoms with van der Waals surface area (Å²) in [4.78, 5) is 29.9. The Balaban J connectivity index is 1.73. The molecule has 2 amide bonds. The highest BCUT2D eigenvalue weighted by Gasteiger charge is 2.34. The predicted molar refractivity (Wildman–Crippen MR) is 172 cm³/mol. The molecule has 1 atom stereocenters. The molecule has 1 N–H and O–H groups in total. The Morgan fingerprint density at radius 1 is 0.905 bits per heavy atom. The quantitative estimate of drug-likeness (QED) is 0.278. The number of hydrogen-bond donors (Lipinski definition) is 1. The number of amides is 2. The molecule has 0 radical (unpaired) electrons. The topological polar surface area (TPSA) is 86.8 Å². The summed E-state index contributed by atoms with van der Waals surface area (Å²) >= 11 is 3.51. The second kappa shape index (κ2) is 14.3. The standard InChI is InChI=1S/C33H40BrN3O4S/c1-24-17-25(2)19-30(18-24)37(42(3,40)41)23-32(38)36(22-27-13-10-14-28(34)20-27)31(21-26-11-6-4-7-12-26)33(39)35-29-15-8-5-9-16-29/h4,6-7,10-14,17-20,29,31H,5,8-9,15-16,21-23H2,1-3H3,(H,35,39)/t31-/m0/s1. The molecule has 3 aromatic carbocycles. The fraction of sp³-hybridized carbons (Fsp3) is 0.394. The summed E-state index contributed by atoms with van der Waals surface area (Å²) in [5.74, 6) is -0.661. The monoisotopic (exact) mass is 653 g/mol. The van der Waals surface area contributed by atoms with Gasteiger partial charge in [0.2, 0.25) is 21.8 Å². The minimum Gasteiger partial charge on any atom is -0.352 e. The number of hydrogen-bond acceptors (Lipinski definition) is 4. The predicted octanol–water partition coefficient (Wildman–Crippen LogP) is 5.92. The first-order valence-electron chi connectivity index (χ1n) is 14.4. The van der Waals surface area contributed by atoms with Gasteiger partial charge in [-0.1, -0.05) is 83.7 Å². The van der Waals surface area contributed by atoms with Crippen molar-refractivity contribution in [1.82, 2.24) is 10.2 Å². The Kier molecular flexibility index (Phi) is 10.8. The lowest BCUT2D eigenvalue weighted by Gasteiger charge is -2.35. The molecular formula is C33H40BrN3O4S. The van der Waals surface area contributed by atoms with Gasteiger partial charge < -0.3 is 10.2 Å². The van der Waals surface area contributed by atoms with Crippen LogP contribution in [-0.4, -0.2) is 50.0 Å². The second-order valence-corrected chi connectivity index (χ2v) is 14.1. The third kappa shape index (κ3) is 8.91. The van der Waals surface area contributed by atoms with Crippen LogP contribution in [0.15, 0.2) is 77.3 Å². The molecule has 9 heteroatoms. The van der Waals surface area contributed by atoms with Crippen molar-refractivity contribution in [2.45, 2.75) is 71.0 Å². The van der Waals surface area contributed by atoms with Gasteiger partial charge >= 0.3 is 0 Å². The summed E-state index contributed by atoms with van der Waals surface area (Å²) in [5, 5.41) is 3.23. The number of anilines is 1. The lowest BCUT2D eigenvalue weighted by molar-refractivity contribution is -0.140. The molecule has 42 heavy (non-hydrogen) atoms. The van der Waals surface area contributed by atoms with E-state index in [1.54, 1.807) is 17.0 Å². The molecule has 7 nitrogen and oxygen atoms in total. The highest BCUT2D eigenvalue weighted by atomic mass is 79.9. The molecule has 0 heterocycles. The molecule has 224 valence electrons. The normalized spacial score (nSPS) is 14.7. The van der Waals surface area contributed by atoms with Crippen molar-refractivity contribution < 1.29 is 18.0 Å². The molecule has 0 unspecified atom stereocenters. The van der Waals surface area contributed by atoms with E-state index in [9.17, 15) is 18.0 Å². The number of aryl methyl sites for hydroxylation is 2. The van der Waals surface area contributed by atoms with Gasteiger partial charge in [0.25, 0.3) is 0 Å². The number of carbonyl (C=O) groups excluding carboxylic acids is 2. The van der Waals surface area contributed by atoms with Crippen LogP contribution in [0.3, 0.4) is 0 Å². The SMILES string of the molecule is Cc1cc(C)cc(N(CC(=O)N(Cc2cccc(Br)c2)[C@@H](Cc2ccccc2)C(=O)NC2CCCCC2)S(C)(=O)=O)c1. The van der Waals surface area contributed by atoms with Gasteiger partial charge in [-0.15, -0.1) is 0 Å². The Hall–Kier alpha value is -3.17. The number of nitrogens with one attached hydrogen (secondary N) is 1. The van der Waals surface area contributed by atoms with Gasteiger partial charge in [0.05, 0.1) is 11.9 Å². The van der Waals surface area contributed by atoms with Crippen LogP contribution in [0.4, 0.5) is 5.69 Å². The average molecular weight is 655 g/mol. The largest absolute Gasteiger partial charge is 0.352 e. The highest BCUT2D eigenvalue weighted by molar-refractivity contribution is 9.10. The van der Waals surface area contributed by atoms with E-state index in [0.29, 0.717) is 12.1 Å². The van der Waals surface area contributed by atoms with Crippen LogP contribution < -0.4 is 9.62 Å². The van der Waals surface area contributed by atoms with E-state index in [-0.39, 0.29) is 18.5 Å². The molecule has 0 aliphatic heterocycles. The van der Waals surface area contributed by atoms with E-state index in [1.807, 2.05) is 74.5 Å². The fourth-order valence-corrected chi connectivity index (χ4v) is 6.92. The lowest BCUT2D eigenvalue weighted by atomic mass is 9.94. The molecular weight excluding hydrogens is 614 g/mol. The van der Waals surface area contributed by atoms with E-state index >= 15 is 0 Å². The van der Waals surface area contributed by atoms with Crippen molar-refractivity contribution in [3.8, 4) is 0 Å². The molecule has 1 aliphatic rings. The van der Waals surface area contributed by atoms with E-state index in [2.05, 4.69) is 21.2 Å². The molecule has 1 fully saturated rings. The number of halogens is 1. The first-order chi connectivity index (χ1) is 20.0. The Morgan fingerprint density at radius 3 is 2.17 bits per heavy atom. The van der Waals surface area contributed by atoms with Gasteiger partial charge in [0.15, 0.2) is 0 Å². The highest BCUT2D eigenvalue weighted by Crippen LogP contribution is 2.24. The summed E-state index contributed by atoms with van der Waals surface area (Å²) in [7, 11) is -3.81. The molecule has 0 saturated heterocycles. The number of carbonyl (C=O) groups is 2. The Morgan fingerprint density at radius 2 is 1.55 bits per heavy atom. The fourth-order valence-electron chi connectivity index (χ4n) is 5.64. The maximum absolute atomic E-state index is 14.3. The van der Waals surface area contributed by atoms with Gasteiger partial charge in [-0.05, 0) is 73.2 Å². The summed E-state index contributed by atoms with van der Waals surface area (Å²) in [5.41, 5.74) is 3.97. The summed E-state index contributed by atoms with van der Waals surface area (Å²) in [6.07, 6.45) is 6.53. The zero-order valence-electron chi connectivity index (χ0n) is 24.6. The molecule has 1 saturated carbocycles. The third-order valence-corrected chi connectivity index (χ3v) is 9.27. The van der Waals surface area contributed by atoms with Crippen LogP contribution in [0.2, 0.25) is 0 Å². The van der Waals surface area contributed by atoms with E-state index in [0.717, 1.165) is 69.4 Å². The number of benzene rings is 3. The smallest absolute Gasteiger partial charge is 0.244 e. The van der Waals surface area contributed by atoms with Gasteiger partial charge in [0.1, 0.15) is 12.6 Å². The maximum atomic E-state index is 14.3. The van der Waals surface area contributed by atoms with Gasteiger partial charge in [-0.2, -0.15) is 0 Å². The summed E-state index contributed by atoms with van der Waals surface area (Å²) < 4.78 is 28.1. The van der Waals surface area contributed by atoms with Crippen LogP contribution in [0, 0.1) is 13.8 Å². The zero-order valence-corrected chi connectivity index (χ0v) is 27.0. The number of sulfonamides is 1. The second-order valence-electron chi connectivity index (χ2n) is 11.3. The minimum atomic E-state index is -3.81. The first kappa shape index (κ1) is 31.8. The van der Waals surface area contributed by atoms with Crippen molar-refractivity contribution in [2.75, 3.05) is 17.1 Å². The lowest BCUT2D eigenvalue weighted by Crippen LogP contribution is -2.55. The van der Waals surface area contributed by atoms with Gasteiger partial charge in [-0.3, -0.25) is 13.9 Å². The molecule has 0 bridgehead atoms. The molecule has 1 aliphatic carbocycles. The zero-order chi connectivity index (χ0) is 30.3. The van der Waals surface area contributed by atoms with Crippen LogP contribution in [0.5, 0.6) is 0 Å². The Bertz CT molecular complexity index is 1470. The average Bonchev–Trinajstić information content (AvgIpc) is 2.93. The van der Waals surface area contributed by atoms with Crippen molar-refractivity contribution in [3.05, 3.63) is 99.5 Å². The Labute approximate surface area is 258 Å². The van der Waals surface area contributed by atoms with Crippen LogP contribution in [-0.2, 0) is 32.6 Å². The molecule has 0 aromatic heterocycles. The van der Waals surface area contributed by atoms with E-state index < -0.39 is 28.5 Å². The third-order valence-electron chi connectivity index (χ3n) is 7.64. The summed E-state index contributed by atoms with van der Waals surface area (Å²) in [6.45, 7) is 3.52. The first-order valence-corrected chi connectivity index (χ1v) is 17.1. The maximum Gasteiger partial charge on any atom is 0.244 e. The molecule has 4 rings (SSSR count). The molecule has 0 spiro atoms. The van der Waals surface area contributed by atoms with Crippen molar-refractivity contribution in [2.24, 2.45) is 0 Å². The van der Waals surface area contributed by atoms with Gasteiger partial charge in [0, 0.05) is 23.5 Å². The number of nitrogens with zero attached hydrogens (tertiary/aromatic N) is 2. The minimum absolute atomic E-state index is 0.0649. The number of rotatable bonds is 11. The van der Waals surface area contributed by atoms with Crippen molar-refractivity contribution in [3.63, 3.8) is 0 Å². The van der Waals surface area contributed by atoms with Crippen LogP contribution >= 0.6 is 15.9 Å². The van der Waals surface area contributed by atoms with E-state index in [4.69, 9.17) is 0 Å². The van der Waals surface area contributed by atoms with E-state index in [1.165, 1.54) is 0 Å².